The molecule has 0 atom stereocenters. The Balaban J connectivity index is -0.0000000990. The molecule has 1 aliphatic carbocycles. The molecule has 0 aromatic carbocycles. The highest BCUT2D eigenvalue weighted by molar-refractivity contribution is 4.84. The Morgan fingerprint density at radius 3 is 1.55 bits per heavy atom. The van der Waals surface area contributed by atoms with Gasteiger partial charge in [-0.05, 0) is 19.3 Å². The van der Waals surface area contributed by atoms with Gasteiger partial charge in [-0.1, -0.05) is 47.1 Å². The van der Waals surface area contributed by atoms with Gasteiger partial charge in [0.05, 0.1) is 0 Å². The molecule has 0 aromatic heterocycles. The number of rotatable bonds is 1. The Morgan fingerprint density at radius 2 is 1.55 bits per heavy atom. The molecule has 0 aliphatic heterocycles. The number of allylic oxidation sites excluding steroid dienone is 1. The van der Waals surface area contributed by atoms with Crippen LogP contribution in [0.2, 0.25) is 0 Å². The summed E-state index contributed by atoms with van der Waals surface area (Å²) in [4.78, 5) is 0. The van der Waals surface area contributed by atoms with E-state index in [1.807, 2.05) is 6.92 Å². The molecule has 0 amide bonds. The second-order valence-corrected chi connectivity index (χ2v) is 2.99. The van der Waals surface area contributed by atoms with Gasteiger partial charge in [-0.2, -0.15) is 0 Å². The molecule has 1 aliphatic rings. The zero-order valence-electron chi connectivity index (χ0n) is 6.91. The maximum Gasteiger partial charge on any atom is -0.0354 e. The summed E-state index contributed by atoms with van der Waals surface area (Å²) in [5.74, 6) is 1.08. The van der Waals surface area contributed by atoms with Crippen molar-refractivity contribution < 1.29 is 0 Å². The van der Waals surface area contributed by atoms with E-state index in [2.05, 4.69) is 20.4 Å². The summed E-state index contributed by atoms with van der Waals surface area (Å²) in [6, 6.07) is 0. The zero-order chi connectivity index (χ0) is 7.28. The monoisotopic (exact) mass is 158 g/mol. The largest absolute Gasteiger partial charge is 0.100 e. The van der Waals surface area contributed by atoms with Crippen LogP contribution in [0.25, 0.3) is 0 Å². The van der Waals surface area contributed by atoms with Crippen molar-refractivity contribution >= 4 is 0 Å². The maximum absolute atomic E-state index is 3.67. The van der Waals surface area contributed by atoms with Gasteiger partial charge in [-0.15, -0.1) is 6.58 Å². The summed E-state index contributed by atoms with van der Waals surface area (Å²) in [7, 11) is 0. The van der Waals surface area contributed by atoms with Gasteiger partial charge in [0.25, 0.3) is 0 Å². The summed E-state index contributed by atoms with van der Waals surface area (Å²) >= 11 is 0. The van der Waals surface area contributed by atoms with Crippen molar-refractivity contribution in [3.05, 3.63) is 12.2 Å². The van der Waals surface area contributed by atoms with Gasteiger partial charge in [0.1, 0.15) is 0 Å². The summed E-state index contributed by atoms with van der Waals surface area (Å²) in [5.41, 5.74) is 1.25. The minimum Gasteiger partial charge on any atom is -0.100 e. The smallest absolute Gasteiger partial charge is 0.0354 e. The molecule has 1 saturated carbocycles. The molecule has 1 rings (SSSR count). The fourth-order valence-electron chi connectivity index (χ4n) is 0.167. The molecule has 0 nitrogen and oxygen atoms in total. The molecule has 1 fully saturated rings. The molecular weight excluding hydrogens is 132 g/mol. The Labute approximate surface area is 73.7 Å². The highest BCUT2D eigenvalue weighted by Crippen LogP contribution is 2.26. The molecule has 70 valence electrons. The summed E-state index contributed by atoms with van der Waals surface area (Å²) in [6.07, 6.45) is 4.08. The first-order valence-corrected chi connectivity index (χ1v) is 3.81. The molecule has 0 saturated heterocycles. The van der Waals surface area contributed by atoms with Crippen molar-refractivity contribution in [2.24, 2.45) is 5.92 Å². The predicted octanol–water partition coefficient (Wildman–Crippen LogP) is 4.66. The molecule has 0 unspecified atom stereocenters. The first-order chi connectivity index (χ1) is 4.16. The van der Waals surface area contributed by atoms with Gasteiger partial charge in [-0.3, -0.25) is 0 Å². The van der Waals surface area contributed by atoms with Crippen LogP contribution >= 0.6 is 0 Å². The number of hydrogen-bond acceptors (Lipinski definition) is 0. The summed E-state index contributed by atoms with van der Waals surface area (Å²) in [6.45, 7) is 10.1. The first kappa shape index (κ1) is 17.0. The van der Waals surface area contributed by atoms with Gasteiger partial charge in [-0.25, -0.2) is 0 Å². The molecular formula is C11H26. The van der Waals surface area contributed by atoms with Gasteiger partial charge >= 0.3 is 0 Å². The molecule has 0 spiro atoms. The van der Waals surface area contributed by atoms with Crippen molar-refractivity contribution in [2.75, 3.05) is 0 Å². The minimum atomic E-state index is 0. The van der Waals surface area contributed by atoms with Crippen molar-refractivity contribution in [3.8, 4) is 0 Å². The fourth-order valence-corrected chi connectivity index (χ4v) is 0.167. The molecule has 0 aromatic rings. The van der Waals surface area contributed by atoms with Crippen molar-refractivity contribution in [1.29, 1.82) is 0 Å². The van der Waals surface area contributed by atoms with Crippen LogP contribution in [-0.2, 0) is 0 Å². The Bertz CT molecular complexity index is 78.0. The standard InChI is InChI=1S/C5H10.C4H8.2CH4/c1-4-5(2)3;1-4-2-3-4;;/h2,4H2,1,3H3;4H,2-3H2,1H3;2*1H4. The van der Waals surface area contributed by atoms with Crippen molar-refractivity contribution in [1.82, 2.24) is 0 Å². The lowest BCUT2D eigenvalue weighted by Gasteiger charge is -1.79. The zero-order valence-corrected chi connectivity index (χ0v) is 6.91. The third-order valence-corrected chi connectivity index (χ3v) is 1.47. The fraction of sp³-hybridized carbons (Fsp3) is 0.818. The second kappa shape index (κ2) is 9.74. The average molecular weight is 158 g/mol. The van der Waals surface area contributed by atoms with Crippen LogP contribution in [0.15, 0.2) is 12.2 Å². The third kappa shape index (κ3) is 26.0. The van der Waals surface area contributed by atoms with E-state index in [1.165, 1.54) is 18.4 Å². The van der Waals surface area contributed by atoms with Crippen molar-refractivity contribution in [2.45, 2.75) is 54.9 Å². The predicted molar refractivity (Wildman–Crippen MR) is 57.0 cm³/mol. The van der Waals surface area contributed by atoms with E-state index in [1.54, 1.807) is 0 Å². The van der Waals surface area contributed by atoms with Gasteiger partial charge in [0.2, 0.25) is 0 Å². The lowest BCUT2D eigenvalue weighted by Crippen LogP contribution is -1.58. The van der Waals surface area contributed by atoms with Gasteiger partial charge in [0, 0.05) is 0 Å². The SMILES string of the molecule is C.C.C=C(C)CC.CC1CC1. The summed E-state index contributed by atoms with van der Waals surface area (Å²) in [5, 5.41) is 0. The normalized spacial score (nSPS) is 13.0. The van der Waals surface area contributed by atoms with E-state index >= 15 is 0 Å². The van der Waals surface area contributed by atoms with E-state index in [9.17, 15) is 0 Å². The minimum absolute atomic E-state index is 0. The Hall–Kier alpha value is -0.260. The lowest BCUT2D eigenvalue weighted by molar-refractivity contribution is 0.983. The van der Waals surface area contributed by atoms with Crippen LogP contribution in [-0.4, -0.2) is 0 Å². The van der Waals surface area contributed by atoms with Crippen LogP contribution in [0.5, 0.6) is 0 Å². The van der Waals surface area contributed by atoms with Gasteiger partial charge < -0.3 is 0 Å². The Morgan fingerprint density at radius 1 is 1.36 bits per heavy atom. The van der Waals surface area contributed by atoms with Crippen LogP contribution in [0.4, 0.5) is 0 Å². The quantitative estimate of drug-likeness (QED) is 0.487. The van der Waals surface area contributed by atoms with E-state index in [0.717, 1.165) is 12.3 Å². The molecule has 0 radical (unpaired) electrons. The molecule has 0 heterocycles. The molecule has 0 N–H and O–H groups in total. The van der Waals surface area contributed by atoms with Crippen LogP contribution < -0.4 is 0 Å². The van der Waals surface area contributed by atoms with E-state index in [4.69, 9.17) is 0 Å². The Kier molecular flexibility index (Phi) is 15.1. The molecule has 11 heavy (non-hydrogen) atoms. The van der Waals surface area contributed by atoms with Crippen LogP contribution in [0.3, 0.4) is 0 Å². The molecule has 0 bridgehead atoms. The number of hydrogen-bond donors (Lipinski definition) is 0. The topological polar surface area (TPSA) is 0 Å². The first-order valence-electron chi connectivity index (χ1n) is 3.81. The average Bonchev–Trinajstić information content (AvgIpc) is 2.53. The maximum atomic E-state index is 3.67. The van der Waals surface area contributed by atoms with Crippen LogP contribution in [0.1, 0.15) is 54.9 Å². The van der Waals surface area contributed by atoms with Crippen LogP contribution in [0, 0.1) is 5.92 Å². The van der Waals surface area contributed by atoms with E-state index in [0.29, 0.717) is 0 Å². The lowest BCUT2D eigenvalue weighted by atomic mass is 10.3. The van der Waals surface area contributed by atoms with Crippen molar-refractivity contribution in [3.63, 3.8) is 0 Å². The summed E-state index contributed by atoms with van der Waals surface area (Å²) < 4.78 is 0. The van der Waals surface area contributed by atoms with Gasteiger partial charge in [0.15, 0.2) is 0 Å². The highest BCUT2D eigenvalue weighted by atomic mass is 14.2. The highest BCUT2D eigenvalue weighted by Gasteiger charge is 2.12. The third-order valence-electron chi connectivity index (χ3n) is 1.47. The van der Waals surface area contributed by atoms with E-state index < -0.39 is 0 Å². The molecule has 0 heteroatoms. The van der Waals surface area contributed by atoms with E-state index in [-0.39, 0.29) is 14.9 Å². The second-order valence-electron chi connectivity index (χ2n) is 2.99.